The van der Waals surface area contributed by atoms with E-state index < -0.39 is 12.0 Å². The Morgan fingerprint density at radius 3 is 2.90 bits per heavy atom. The molecule has 20 heavy (non-hydrogen) atoms. The summed E-state index contributed by atoms with van der Waals surface area (Å²) in [5.41, 5.74) is 0.833. The first-order valence-electron chi connectivity index (χ1n) is 5.88. The van der Waals surface area contributed by atoms with E-state index in [0.29, 0.717) is 24.5 Å². The average Bonchev–Trinajstić information content (AvgIpc) is 2.99. The lowest BCUT2D eigenvalue weighted by Crippen LogP contribution is -2.31. The largest absolute Gasteiger partial charge is 0.477 e. The highest BCUT2D eigenvalue weighted by Crippen LogP contribution is 2.16. The molecule has 2 aromatic heterocycles. The van der Waals surface area contributed by atoms with Gasteiger partial charge in [-0.3, -0.25) is 5.10 Å². The number of hydrogen-bond donors (Lipinski definition) is 5. The number of carboxylic acids is 1. The van der Waals surface area contributed by atoms with Crippen LogP contribution in [0, 0.1) is 6.92 Å². The molecule has 0 aromatic carbocycles. The summed E-state index contributed by atoms with van der Waals surface area (Å²) in [4.78, 5) is 29.2. The summed E-state index contributed by atoms with van der Waals surface area (Å²) in [6, 6.07) is 1.07. The predicted octanol–water partition coefficient (Wildman–Crippen LogP) is 0.504. The van der Waals surface area contributed by atoms with E-state index in [1.165, 1.54) is 6.33 Å². The normalized spacial score (nSPS) is 10.2. The second-order valence-corrected chi connectivity index (χ2v) is 4.11. The monoisotopic (exact) mass is 278 g/mol. The van der Waals surface area contributed by atoms with Crippen LogP contribution >= 0.6 is 0 Å². The number of urea groups is 1. The summed E-state index contributed by atoms with van der Waals surface area (Å²) < 4.78 is 0. The summed E-state index contributed by atoms with van der Waals surface area (Å²) in [5, 5.41) is 20.4. The van der Waals surface area contributed by atoms with E-state index in [0.717, 1.165) is 0 Å². The number of aryl methyl sites for hydroxylation is 1. The van der Waals surface area contributed by atoms with Gasteiger partial charge >= 0.3 is 12.0 Å². The van der Waals surface area contributed by atoms with Gasteiger partial charge in [-0.2, -0.15) is 5.10 Å². The van der Waals surface area contributed by atoms with Crippen molar-refractivity contribution in [2.24, 2.45) is 0 Å². The number of carboxylic acid groups (broad SMARTS) is 1. The van der Waals surface area contributed by atoms with Crippen molar-refractivity contribution in [3.63, 3.8) is 0 Å². The van der Waals surface area contributed by atoms with Crippen molar-refractivity contribution in [3.8, 4) is 0 Å². The zero-order valence-corrected chi connectivity index (χ0v) is 10.7. The Morgan fingerprint density at radius 1 is 1.45 bits per heavy atom. The van der Waals surface area contributed by atoms with Gasteiger partial charge in [-0.15, -0.1) is 0 Å². The van der Waals surface area contributed by atoms with Crippen molar-refractivity contribution in [3.05, 3.63) is 29.6 Å². The molecule has 0 fully saturated rings. The van der Waals surface area contributed by atoms with Crippen LogP contribution < -0.4 is 10.6 Å². The fourth-order valence-electron chi connectivity index (χ4n) is 1.67. The fraction of sp³-hybridized carbons (Fsp3) is 0.273. The Balaban J connectivity index is 1.86. The van der Waals surface area contributed by atoms with E-state index in [9.17, 15) is 9.59 Å². The van der Waals surface area contributed by atoms with Gasteiger partial charge in [0.25, 0.3) is 0 Å². The third kappa shape index (κ3) is 3.34. The van der Waals surface area contributed by atoms with Crippen molar-refractivity contribution in [1.29, 1.82) is 0 Å². The Labute approximate surface area is 113 Å². The van der Waals surface area contributed by atoms with Crippen molar-refractivity contribution >= 4 is 17.7 Å². The highest BCUT2D eigenvalue weighted by atomic mass is 16.4. The average molecular weight is 278 g/mol. The maximum absolute atomic E-state index is 11.6. The summed E-state index contributed by atoms with van der Waals surface area (Å²) in [6.45, 7) is 2.06. The quantitative estimate of drug-likeness (QED) is 0.542. The van der Waals surface area contributed by atoms with Crippen LogP contribution in [-0.4, -0.2) is 43.8 Å². The summed E-state index contributed by atoms with van der Waals surface area (Å²) in [6.07, 6.45) is 1.89. The zero-order valence-electron chi connectivity index (χ0n) is 10.7. The number of H-pyrrole nitrogens is 2. The molecule has 2 heterocycles. The summed E-state index contributed by atoms with van der Waals surface area (Å²) >= 11 is 0. The first-order valence-corrected chi connectivity index (χ1v) is 5.88. The van der Waals surface area contributed by atoms with Gasteiger partial charge in [0.2, 0.25) is 0 Å². The number of aromatic nitrogens is 4. The maximum Gasteiger partial charge on any atom is 0.354 e. The standard InChI is InChI=1S/C11H14N6O3/c1-6-4-7(9(15-6)10(18)19)16-11(20)12-3-2-8-13-5-14-17-8/h4-5,15H,2-3H2,1H3,(H,18,19)(H2,12,16,20)(H,13,14,17). The molecule has 2 rings (SSSR count). The minimum atomic E-state index is -1.13. The van der Waals surface area contributed by atoms with E-state index in [2.05, 4.69) is 30.8 Å². The second-order valence-electron chi connectivity index (χ2n) is 4.11. The number of nitrogens with one attached hydrogen (secondary N) is 4. The molecular weight excluding hydrogens is 264 g/mol. The van der Waals surface area contributed by atoms with Gasteiger partial charge in [0.05, 0.1) is 5.69 Å². The van der Waals surface area contributed by atoms with Gasteiger partial charge in [0.1, 0.15) is 17.8 Å². The van der Waals surface area contributed by atoms with Crippen LogP contribution in [0.5, 0.6) is 0 Å². The molecule has 0 radical (unpaired) electrons. The Bertz CT molecular complexity index is 604. The predicted molar refractivity (Wildman–Crippen MR) is 69.6 cm³/mol. The highest BCUT2D eigenvalue weighted by molar-refractivity contribution is 5.99. The molecular formula is C11H14N6O3. The molecule has 106 valence electrons. The molecule has 0 bridgehead atoms. The molecule has 0 saturated carbocycles. The molecule has 0 unspecified atom stereocenters. The molecule has 5 N–H and O–H groups in total. The van der Waals surface area contributed by atoms with Gasteiger partial charge in [-0.25, -0.2) is 14.6 Å². The zero-order chi connectivity index (χ0) is 14.5. The molecule has 0 aliphatic heterocycles. The Hall–Kier alpha value is -2.84. The topological polar surface area (TPSA) is 136 Å². The van der Waals surface area contributed by atoms with Crippen molar-refractivity contribution in [2.75, 3.05) is 11.9 Å². The number of carbonyl (C=O) groups excluding carboxylic acids is 1. The molecule has 0 aliphatic carbocycles. The van der Waals surface area contributed by atoms with Gasteiger partial charge in [0, 0.05) is 18.7 Å². The minimum Gasteiger partial charge on any atom is -0.477 e. The van der Waals surface area contributed by atoms with E-state index >= 15 is 0 Å². The lowest BCUT2D eigenvalue weighted by atomic mass is 10.3. The highest BCUT2D eigenvalue weighted by Gasteiger charge is 2.15. The summed E-state index contributed by atoms with van der Waals surface area (Å²) in [5.74, 6) is -0.468. The number of anilines is 1. The van der Waals surface area contributed by atoms with E-state index in [4.69, 9.17) is 5.11 Å². The Kier molecular flexibility index (Phi) is 3.99. The second kappa shape index (κ2) is 5.87. The number of aromatic amines is 2. The van der Waals surface area contributed by atoms with Crippen LogP contribution in [-0.2, 0) is 6.42 Å². The molecule has 2 aromatic rings. The third-order valence-corrected chi connectivity index (χ3v) is 2.53. The summed E-state index contributed by atoms with van der Waals surface area (Å²) in [7, 11) is 0. The molecule has 0 atom stereocenters. The lowest BCUT2D eigenvalue weighted by molar-refractivity contribution is 0.0692. The van der Waals surface area contributed by atoms with Crippen molar-refractivity contribution in [2.45, 2.75) is 13.3 Å². The third-order valence-electron chi connectivity index (χ3n) is 2.53. The van der Waals surface area contributed by atoms with Crippen LogP contribution in [0.1, 0.15) is 22.0 Å². The number of rotatable bonds is 5. The van der Waals surface area contributed by atoms with Crippen LogP contribution in [0.15, 0.2) is 12.4 Å². The number of aromatic carboxylic acids is 1. The number of carbonyl (C=O) groups is 2. The van der Waals surface area contributed by atoms with Crippen LogP contribution in [0.3, 0.4) is 0 Å². The van der Waals surface area contributed by atoms with Crippen LogP contribution in [0.2, 0.25) is 0 Å². The number of nitrogens with zero attached hydrogens (tertiary/aromatic N) is 2. The smallest absolute Gasteiger partial charge is 0.354 e. The van der Waals surface area contributed by atoms with Crippen LogP contribution in [0.25, 0.3) is 0 Å². The van der Waals surface area contributed by atoms with E-state index in [-0.39, 0.29) is 11.4 Å². The van der Waals surface area contributed by atoms with Gasteiger partial charge in [-0.1, -0.05) is 0 Å². The lowest BCUT2D eigenvalue weighted by Gasteiger charge is -2.06. The van der Waals surface area contributed by atoms with Gasteiger partial charge in [-0.05, 0) is 13.0 Å². The molecule has 0 spiro atoms. The first-order chi connectivity index (χ1) is 9.56. The molecule has 0 saturated heterocycles. The molecule has 9 heteroatoms. The maximum atomic E-state index is 11.6. The SMILES string of the molecule is Cc1cc(NC(=O)NCCc2ncn[nH]2)c(C(=O)O)[nH]1. The van der Waals surface area contributed by atoms with Crippen LogP contribution in [0.4, 0.5) is 10.5 Å². The molecule has 0 aliphatic rings. The molecule has 9 nitrogen and oxygen atoms in total. The van der Waals surface area contributed by atoms with Gasteiger partial charge < -0.3 is 20.7 Å². The first kappa shape index (κ1) is 13.6. The molecule has 2 amide bonds. The van der Waals surface area contributed by atoms with E-state index in [1.807, 2.05) is 0 Å². The number of amides is 2. The fourth-order valence-corrected chi connectivity index (χ4v) is 1.67. The van der Waals surface area contributed by atoms with Crippen molar-refractivity contribution in [1.82, 2.24) is 25.5 Å². The Morgan fingerprint density at radius 2 is 2.25 bits per heavy atom. The minimum absolute atomic E-state index is 0.0483. The number of hydrogen-bond acceptors (Lipinski definition) is 4. The van der Waals surface area contributed by atoms with Crippen molar-refractivity contribution < 1.29 is 14.7 Å². The van der Waals surface area contributed by atoms with Gasteiger partial charge in [0.15, 0.2) is 0 Å². The van der Waals surface area contributed by atoms with E-state index in [1.54, 1.807) is 13.0 Å².